The van der Waals surface area contributed by atoms with Gasteiger partial charge in [-0.2, -0.15) is 13.2 Å². The predicted molar refractivity (Wildman–Crippen MR) is 92.1 cm³/mol. The van der Waals surface area contributed by atoms with Gasteiger partial charge in [-0.05, 0) is 52.7 Å². The second-order valence-electron chi connectivity index (χ2n) is 5.13. The molecule has 0 saturated heterocycles. The predicted octanol–water partition coefficient (Wildman–Crippen LogP) is 6.15. The Kier molecular flexibility index (Phi) is 5.72. The molecule has 0 saturated carbocycles. The molecule has 2 rings (SSSR count). The summed E-state index contributed by atoms with van der Waals surface area (Å²) >= 11 is 15.7. The third kappa shape index (κ3) is 3.96. The van der Waals surface area contributed by atoms with Crippen molar-refractivity contribution >= 4 is 56.3 Å². The van der Waals surface area contributed by atoms with E-state index in [1.165, 1.54) is 12.1 Å². The number of benzene rings is 1. The number of alkyl halides is 3. The van der Waals surface area contributed by atoms with E-state index in [2.05, 4.69) is 15.9 Å². The molecule has 2 aromatic rings. The van der Waals surface area contributed by atoms with Gasteiger partial charge >= 0.3 is 6.18 Å². The van der Waals surface area contributed by atoms with Crippen molar-refractivity contribution in [1.82, 2.24) is 0 Å². The summed E-state index contributed by atoms with van der Waals surface area (Å²) in [6.07, 6.45) is -6.25. The SMILES string of the molecule is Cc1sc(C(=O)C[C@](O)(c2cc(Cl)cc(Cl)c2)C(F)(F)F)cc1Br. The second-order valence-corrected chi connectivity index (χ2v) is 8.11. The fourth-order valence-corrected chi connectivity index (χ4v) is 4.07. The summed E-state index contributed by atoms with van der Waals surface area (Å²) in [7, 11) is 0. The lowest BCUT2D eigenvalue weighted by Crippen LogP contribution is -2.44. The lowest BCUT2D eigenvalue weighted by Gasteiger charge is -2.30. The zero-order valence-corrected chi connectivity index (χ0v) is 16.0. The molecule has 0 unspecified atom stereocenters. The number of aliphatic hydroxyl groups is 1. The third-order valence-electron chi connectivity index (χ3n) is 3.36. The van der Waals surface area contributed by atoms with Crippen LogP contribution in [-0.4, -0.2) is 17.1 Å². The van der Waals surface area contributed by atoms with E-state index in [0.717, 1.165) is 28.3 Å². The fraction of sp³-hybridized carbons (Fsp3) is 0.267. The van der Waals surface area contributed by atoms with E-state index in [1.54, 1.807) is 6.92 Å². The fourth-order valence-electron chi connectivity index (χ4n) is 2.08. The first-order valence-electron chi connectivity index (χ1n) is 6.49. The number of carbonyl (C=O) groups is 1. The van der Waals surface area contributed by atoms with Gasteiger partial charge < -0.3 is 5.11 Å². The van der Waals surface area contributed by atoms with E-state index < -0.39 is 29.5 Å². The van der Waals surface area contributed by atoms with Crippen LogP contribution in [0, 0.1) is 6.92 Å². The van der Waals surface area contributed by atoms with Crippen LogP contribution in [0.3, 0.4) is 0 Å². The Balaban J connectivity index is 2.47. The molecular formula is C15H10BrCl2F3O2S. The zero-order chi connectivity index (χ0) is 18.3. The normalized spacial score (nSPS) is 14.5. The summed E-state index contributed by atoms with van der Waals surface area (Å²) in [5.41, 5.74) is -3.96. The van der Waals surface area contributed by atoms with Crippen LogP contribution >= 0.6 is 50.5 Å². The Morgan fingerprint density at radius 1 is 1.21 bits per heavy atom. The zero-order valence-electron chi connectivity index (χ0n) is 12.0. The number of halogens is 6. The number of thiophene rings is 1. The highest BCUT2D eigenvalue weighted by Gasteiger charge is 2.56. The van der Waals surface area contributed by atoms with E-state index in [1.807, 2.05) is 0 Å². The molecule has 130 valence electrons. The van der Waals surface area contributed by atoms with Gasteiger partial charge in [0.2, 0.25) is 0 Å². The molecule has 9 heteroatoms. The molecule has 0 bridgehead atoms. The summed E-state index contributed by atoms with van der Waals surface area (Å²) in [6, 6.07) is 4.57. The van der Waals surface area contributed by atoms with Crippen molar-refractivity contribution in [3.63, 3.8) is 0 Å². The molecule has 1 N–H and O–H groups in total. The number of aryl methyl sites for hydroxylation is 1. The van der Waals surface area contributed by atoms with Crippen molar-refractivity contribution in [3.05, 3.63) is 54.1 Å². The number of Topliss-reactive ketones (excluding diaryl/α,β-unsaturated/α-hetero) is 1. The Morgan fingerprint density at radius 3 is 2.17 bits per heavy atom. The molecule has 1 aromatic heterocycles. The average Bonchev–Trinajstić information content (AvgIpc) is 2.76. The van der Waals surface area contributed by atoms with Crippen LogP contribution in [0.4, 0.5) is 13.2 Å². The van der Waals surface area contributed by atoms with E-state index >= 15 is 0 Å². The maximum Gasteiger partial charge on any atom is 0.421 e. The van der Waals surface area contributed by atoms with Crippen LogP contribution in [-0.2, 0) is 5.60 Å². The van der Waals surface area contributed by atoms with Crippen molar-refractivity contribution in [2.24, 2.45) is 0 Å². The first-order chi connectivity index (χ1) is 10.9. The van der Waals surface area contributed by atoms with E-state index in [-0.39, 0.29) is 14.9 Å². The van der Waals surface area contributed by atoms with Gasteiger partial charge in [0.05, 0.1) is 11.3 Å². The second kappa shape index (κ2) is 6.96. The molecule has 0 aliphatic rings. The van der Waals surface area contributed by atoms with Crippen LogP contribution in [0.2, 0.25) is 10.0 Å². The molecular weight excluding hydrogens is 452 g/mol. The van der Waals surface area contributed by atoms with Gasteiger partial charge in [-0.15, -0.1) is 11.3 Å². The minimum Gasteiger partial charge on any atom is -0.376 e. The van der Waals surface area contributed by atoms with Crippen LogP contribution in [0.15, 0.2) is 28.7 Å². The van der Waals surface area contributed by atoms with Crippen molar-refractivity contribution in [3.8, 4) is 0 Å². The van der Waals surface area contributed by atoms with Crippen molar-refractivity contribution in [1.29, 1.82) is 0 Å². The van der Waals surface area contributed by atoms with Gasteiger partial charge in [0, 0.05) is 19.4 Å². The maximum atomic E-state index is 13.5. The molecule has 1 atom stereocenters. The van der Waals surface area contributed by atoms with Crippen molar-refractivity contribution < 1.29 is 23.1 Å². The van der Waals surface area contributed by atoms with Gasteiger partial charge in [0.1, 0.15) is 0 Å². The molecule has 1 heterocycles. The molecule has 0 amide bonds. The van der Waals surface area contributed by atoms with Gasteiger partial charge in [0.25, 0.3) is 0 Å². The maximum absolute atomic E-state index is 13.5. The first kappa shape index (κ1) is 19.7. The number of hydrogen-bond donors (Lipinski definition) is 1. The molecule has 0 radical (unpaired) electrons. The van der Waals surface area contributed by atoms with E-state index in [9.17, 15) is 23.1 Å². The lowest BCUT2D eigenvalue weighted by molar-refractivity contribution is -0.264. The highest BCUT2D eigenvalue weighted by molar-refractivity contribution is 9.10. The minimum atomic E-state index is -5.08. The summed E-state index contributed by atoms with van der Waals surface area (Å²) in [6.45, 7) is 1.72. The quantitative estimate of drug-likeness (QED) is 0.554. The van der Waals surface area contributed by atoms with Gasteiger partial charge in [-0.3, -0.25) is 4.79 Å². The molecule has 0 spiro atoms. The molecule has 1 aromatic carbocycles. The Morgan fingerprint density at radius 2 is 1.75 bits per heavy atom. The third-order valence-corrected chi connectivity index (χ3v) is 5.97. The smallest absolute Gasteiger partial charge is 0.376 e. The Bertz CT molecular complexity index is 752. The molecule has 2 nitrogen and oxygen atoms in total. The topological polar surface area (TPSA) is 37.3 Å². The van der Waals surface area contributed by atoms with Crippen molar-refractivity contribution in [2.45, 2.75) is 25.1 Å². The highest BCUT2D eigenvalue weighted by atomic mass is 79.9. The molecule has 0 aliphatic carbocycles. The van der Waals surface area contributed by atoms with Crippen LogP contribution in [0.25, 0.3) is 0 Å². The van der Waals surface area contributed by atoms with Gasteiger partial charge in [0.15, 0.2) is 11.4 Å². The number of ketones is 1. The van der Waals surface area contributed by atoms with E-state index in [0.29, 0.717) is 4.47 Å². The summed E-state index contributed by atoms with van der Waals surface area (Å²) in [5, 5.41) is 10.2. The molecule has 0 fully saturated rings. The number of rotatable bonds is 4. The van der Waals surface area contributed by atoms with Crippen LogP contribution in [0.1, 0.15) is 26.5 Å². The summed E-state index contributed by atoms with van der Waals surface area (Å²) in [4.78, 5) is 13.1. The summed E-state index contributed by atoms with van der Waals surface area (Å²) < 4.78 is 41.2. The first-order valence-corrected chi connectivity index (χ1v) is 8.85. The summed E-state index contributed by atoms with van der Waals surface area (Å²) in [5.74, 6) is -0.829. The number of hydrogen-bond acceptors (Lipinski definition) is 3. The monoisotopic (exact) mass is 460 g/mol. The standard InChI is InChI=1S/C15H10BrCl2F3O2S/c1-7-11(16)5-13(24-7)12(22)6-14(23,15(19,20)21)8-2-9(17)4-10(18)3-8/h2-5,23H,6H2,1H3/t14-/m0/s1. The lowest BCUT2D eigenvalue weighted by atomic mass is 9.87. The minimum absolute atomic E-state index is 0.0673. The number of carbonyl (C=O) groups excluding carboxylic acids is 1. The molecule has 0 aliphatic heterocycles. The highest BCUT2D eigenvalue weighted by Crippen LogP contribution is 2.44. The van der Waals surface area contributed by atoms with Crippen molar-refractivity contribution in [2.75, 3.05) is 0 Å². The van der Waals surface area contributed by atoms with E-state index in [4.69, 9.17) is 23.2 Å². The Hall–Kier alpha value is -0.600. The Labute approximate surface area is 158 Å². The van der Waals surface area contributed by atoms with Gasteiger partial charge in [-0.1, -0.05) is 23.2 Å². The largest absolute Gasteiger partial charge is 0.421 e. The van der Waals surface area contributed by atoms with Crippen LogP contribution in [0.5, 0.6) is 0 Å². The molecule has 24 heavy (non-hydrogen) atoms. The average molecular weight is 462 g/mol. The van der Waals surface area contributed by atoms with Gasteiger partial charge in [-0.25, -0.2) is 0 Å². The van der Waals surface area contributed by atoms with Crippen LogP contribution < -0.4 is 0 Å².